The highest BCUT2D eigenvalue weighted by molar-refractivity contribution is 9.10. The maximum Gasteiger partial charge on any atom is 0.152 e. The van der Waals surface area contributed by atoms with Crippen molar-refractivity contribution in [3.63, 3.8) is 0 Å². The molecule has 0 unspecified atom stereocenters. The van der Waals surface area contributed by atoms with Crippen molar-refractivity contribution in [1.82, 2.24) is 9.97 Å². The number of aromatic amines is 1. The molecule has 0 spiro atoms. The molecule has 0 atom stereocenters. The molecule has 0 bridgehead atoms. The molecule has 0 aliphatic carbocycles. The fourth-order valence-electron chi connectivity index (χ4n) is 1.91. The predicted molar refractivity (Wildman–Crippen MR) is 83.6 cm³/mol. The van der Waals surface area contributed by atoms with Gasteiger partial charge in [-0.1, -0.05) is 24.9 Å². The Kier molecular flexibility index (Phi) is 5.58. The third-order valence-electron chi connectivity index (χ3n) is 2.99. The number of hydrogen-bond acceptors (Lipinski definition) is 2. The van der Waals surface area contributed by atoms with Crippen molar-refractivity contribution in [2.75, 3.05) is 5.32 Å². The van der Waals surface area contributed by atoms with Gasteiger partial charge in [0.25, 0.3) is 0 Å². The number of nitrogens with zero attached hydrogens (tertiary/aromatic N) is 1. The van der Waals surface area contributed by atoms with Gasteiger partial charge >= 0.3 is 0 Å². The van der Waals surface area contributed by atoms with Crippen LogP contribution in [0.2, 0.25) is 5.15 Å². The maximum atomic E-state index is 13.7. The molecule has 2 aromatic rings. The van der Waals surface area contributed by atoms with Crippen LogP contribution in [0.15, 0.2) is 16.6 Å². The van der Waals surface area contributed by atoms with Crippen LogP contribution in [0.1, 0.15) is 31.3 Å². The molecule has 0 saturated carbocycles. The molecule has 1 aromatic carbocycles. The first-order chi connectivity index (χ1) is 10.0. The number of hydrogen-bond donors (Lipinski definition) is 2. The van der Waals surface area contributed by atoms with Crippen molar-refractivity contribution in [2.24, 2.45) is 0 Å². The topological polar surface area (TPSA) is 40.7 Å². The molecule has 1 heterocycles. The Balaban J connectivity index is 2.08. The van der Waals surface area contributed by atoms with Crippen LogP contribution in [0.4, 0.5) is 14.5 Å². The van der Waals surface area contributed by atoms with E-state index >= 15 is 0 Å². The highest BCUT2D eigenvalue weighted by atomic mass is 79.9. The van der Waals surface area contributed by atoms with Crippen LogP contribution in [-0.4, -0.2) is 9.97 Å². The largest absolute Gasteiger partial charge is 0.376 e. The van der Waals surface area contributed by atoms with Crippen molar-refractivity contribution in [2.45, 2.75) is 32.7 Å². The standard InChI is InChI=1S/C14H15BrClF2N3/c1-2-3-4-12-20-11(14(16)21-12)7-19-13-9(15)5-8(17)6-10(13)18/h5-6,19H,2-4,7H2,1H3,(H,20,21). The minimum atomic E-state index is -0.663. The lowest BCUT2D eigenvalue weighted by Gasteiger charge is -2.09. The van der Waals surface area contributed by atoms with E-state index in [2.05, 4.69) is 38.1 Å². The number of unbranched alkanes of at least 4 members (excludes halogenated alkanes) is 1. The van der Waals surface area contributed by atoms with Crippen molar-refractivity contribution >= 4 is 33.2 Å². The summed E-state index contributed by atoms with van der Waals surface area (Å²) in [7, 11) is 0. The number of aromatic nitrogens is 2. The Morgan fingerprint density at radius 3 is 2.81 bits per heavy atom. The van der Waals surface area contributed by atoms with E-state index < -0.39 is 11.6 Å². The Labute approximate surface area is 135 Å². The van der Waals surface area contributed by atoms with E-state index in [1.807, 2.05) is 0 Å². The number of nitrogens with one attached hydrogen (secondary N) is 2. The van der Waals surface area contributed by atoms with Crippen molar-refractivity contribution in [1.29, 1.82) is 0 Å². The van der Waals surface area contributed by atoms with Gasteiger partial charge in [0.05, 0.1) is 17.9 Å². The number of imidazole rings is 1. The first-order valence-corrected chi connectivity index (χ1v) is 7.80. The molecule has 0 amide bonds. The van der Waals surface area contributed by atoms with Crippen LogP contribution in [-0.2, 0) is 13.0 Å². The van der Waals surface area contributed by atoms with Crippen LogP contribution in [0.5, 0.6) is 0 Å². The van der Waals surface area contributed by atoms with E-state index in [9.17, 15) is 8.78 Å². The second kappa shape index (κ2) is 7.22. The summed E-state index contributed by atoms with van der Waals surface area (Å²) in [5.74, 6) is -0.479. The highest BCUT2D eigenvalue weighted by Gasteiger charge is 2.12. The monoisotopic (exact) mass is 377 g/mol. The van der Waals surface area contributed by atoms with Crippen LogP contribution in [0, 0.1) is 11.6 Å². The fraction of sp³-hybridized carbons (Fsp3) is 0.357. The second-order valence-corrected chi connectivity index (χ2v) is 5.87. The SMILES string of the molecule is CCCCc1nc(Cl)c(CNc2c(F)cc(F)cc2Br)[nH]1. The fourth-order valence-corrected chi connectivity index (χ4v) is 2.67. The summed E-state index contributed by atoms with van der Waals surface area (Å²) in [6.45, 7) is 2.38. The third kappa shape index (κ3) is 4.17. The summed E-state index contributed by atoms with van der Waals surface area (Å²) in [5, 5.41) is 3.26. The highest BCUT2D eigenvalue weighted by Crippen LogP contribution is 2.27. The van der Waals surface area contributed by atoms with E-state index in [0.717, 1.165) is 31.2 Å². The summed E-state index contributed by atoms with van der Waals surface area (Å²) >= 11 is 9.18. The number of benzene rings is 1. The lowest BCUT2D eigenvalue weighted by molar-refractivity contribution is 0.583. The predicted octanol–water partition coefficient (Wildman–Crippen LogP) is 5.06. The van der Waals surface area contributed by atoms with Crippen LogP contribution in [0.3, 0.4) is 0 Å². The lowest BCUT2D eigenvalue weighted by atomic mass is 10.2. The van der Waals surface area contributed by atoms with Crippen LogP contribution >= 0.6 is 27.5 Å². The molecular formula is C14H15BrClF2N3. The first-order valence-electron chi connectivity index (χ1n) is 6.63. The lowest BCUT2D eigenvalue weighted by Crippen LogP contribution is -2.04. The summed E-state index contributed by atoms with van der Waals surface area (Å²) in [6.07, 6.45) is 2.92. The van der Waals surface area contributed by atoms with Gasteiger partial charge < -0.3 is 10.3 Å². The smallest absolute Gasteiger partial charge is 0.152 e. The van der Waals surface area contributed by atoms with Gasteiger partial charge in [0.1, 0.15) is 17.5 Å². The summed E-state index contributed by atoms with van der Waals surface area (Å²) in [4.78, 5) is 7.34. The molecule has 2 rings (SSSR count). The van der Waals surface area contributed by atoms with Crippen molar-refractivity contribution in [3.8, 4) is 0 Å². The van der Waals surface area contributed by atoms with Gasteiger partial charge in [0.2, 0.25) is 0 Å². The summed E-state index contributed by atoms with van der Waals surface area (Å²) < 4.78 is 27.0. The number of halogens is 4. The maximum absolute atomic E-state index is 13.7. The van der Waals surface area contributed by atoms with Crippen molar-refractivity contribution in [3.05, 3.63) is 44.9 Å². The Hall–Kier alpha value is -1.14. The Bertz CT molecular complexity index is 608. The molecule has 21 heavy (non-hydrogen) atoms. The summed E-state index contributed by atoms with van der Waals surface area (Å²) in [5.41, 5.74) is 0.871. The van der Waals surface area contributed by atoms with Crippen molar-refractivity contribution < 1.29 is 8.78 Å². The molecule has 0 aliphatic rings. The average molecular weight is 379 g/mol. The zero-order valence-corrected chi connectivity index (χ0v) is 13.8. The van der Waals surface area contributed by atoms with E-state index in [4.69, 9.17) is 11.6 Å². The molecule has 2 N–H and O–H groups in total. The summed E-state index contributed by atoms with van der Waals surface area (Å²) in [6, 6.07) is 2.03. The van der Waals surface area contributed by atoms with Crippen LogP contribution in [0.25, 0.3) is 0 Å². The minimum Gasteiger partial charge on any atom is -0.376 e. The third-order valence-corrected chi connectivity index (χ3v) is 3.93. The number of anilines is 1. The van der Waals surface area contributed by atoms with E-state index in [-0.39, 0.29) is 12.2 Å². The molecular weight excluding hydrogens is 364 g/mol. The molecule has 3 nitrogen and oxygen atoms in total. The first kappa shape index (κ1) is 16.2. The van der Waals surface area contributed by atoms with Gasteiger partial charge in [-0.15, -0.1) is 0 Å². The van der Waals surface area contributed by atoms with Crippen LogP contribution < -0.4 is 5.32 Å². The Morgan fingerprint density at radius 2 is 2.14 bits per heavy atom. The molecule has 0 aliphatic heterocycles. The van der Waals surface area contributed by atoms with E-state index in [0.29, 0.717) is 15.3 Å². The van der Waals surface area contributed by atoms with E-state index in [1.165, 1.54) is 6.07 Å². The molecule has 7 heteroatoms. The van der Waals surface area contributed by atoms with Gasteiger partial charge in [-0.05, 0) is 28.4 Å². The van der Waals surface area contributed by atoms with Gasteiger partial charge in [0, 0.05) is 17.0 Å². The molecule has 0 saturated heterocycles. The minimum absolute atomic E-state index is 0.192. The molecule has 0 radical (unpaired) electrons. The molecule has 114 valence electrons. The quantitative estimate of drug-likeness (QED) is 0.738. The van der Waals surface area contributed by atoms with Gasteiger partial charge in [0.15, 0.2) is 5.15 Å². The van der Waals surface area contributed by atoms with Gasteiger partial charge in [-0.25, -0.2) is 13.8 Å². The zero-order valence-electron chi connectivity index (χ0n) is 11.4. The van der Waals surface area contributed by atoms with E-state index in [1.54, 1.807) is 0 Å². The van der Waals surface area contributed by atoms with Gasteiger partial charge in [-0.2, -0.15) is 0 Å². The normalized spacial score (nSPS) is 10.9. The number of aryl methyl sites for hydroxylation is 1. The Morgan fingerprint density at radius 1 is 1.38 bits per heavy atom. The van der Waals surface area contributed by atoms with Gasteiger partial charge in [-0.3, -0.25) is 0 Å². The zero-order chi connectivity index (χ0) is 15.4. The second-order valence-electron chi connectivity index (χ2n) is 4.65. The average Bonchev–Trinajstić information content (AvgIpc) is 2.76. The number of rotatable bonds is 6. The molecule has 0 fully saturated rings. The number of H-pyrrole nitrogens is 1. The molecule has 1 aromatic heterocycles.